The van der Waals surface area contributed by atoms with E-state index in [0.29, 0.717) is 4.47 Å². The minimum absolute atomic E-state index is 0.0626. The monoisotopic (exact) mass is 303 g/mol. The lowest BCUT2D eigenvalue weighted by Crippen LogP contribution is -2.12. The molecule has 7 heteroatoms. The first kappa shape index (κ1) is 11.3. The first-order valence-electron chi connectivity index (χ1n) is 2.99. The van der Waals surface area contributed by atoms with Gasteiger partial charge >= 0.3 is 0 Å². The van der Waals surface area contributed by atoms with Crippen LogP contribution in [0.4, 0.5) is 0 Å². The van der Waals surface area contributed by atoms with E-state index in [1.54, 1.807) is 0 Å². The first-order chi connectivity index (χ1) is 5.82. The van der Waals surface area contributed by atoms with Crippen molar-refractivity contribution in [3.63, 3.8) is 0 Å². The molecule has 0 aromatic heterocycles. The van der Waals surface area contributed by atoms with Crippen LogP contribution in [-0.4, -0.2) is 8.42 Å². The van der Waals surface area contributed by atoms with Crippen molar-refractivity contribution in [3.8, 4) is 0 Å². The maximum atomic E-state index is 11.0. The van der Waals surface area contributed by atoms with E-state index in [1.165, 1.54) is 12.1 Å². The Morgan fingerprint density at radius 2 is 1.85 bits per heavy atom. The highest BCUT2D eigenvalue weighted by Gasteiger charge is 2.16. The molecule has 0 fully saturated rings. The standard InChI is InChI=1S/C6H4BrCl2NO2S/c7-3-1-4(8)6(9)5(2-3)13(10,11)12/h1-2H,(H2,10,11,12). The van der Waals surface area contributed by atoms with Gasteiger partial charge in [-0.25, -0.2) is 13.6 Å². The van der Waals surface area contributed by atoms with Gasteiger partial charge in [0, 0.05) is 4.47 Å². The number of primary sulfonamides is 1. The molecule has 1 aromatic carbocycles. The Kier molecular flexibility index (Phi) is 3.24. The molecule has 0 heterocycles. The van der Waals surface area contributed by atoms with Crippen LogP contribution >= 0.6 is 39.1 Å². The van der Waals surface area contributed by atoms with Crippen molar-refractivity contribution in [2.45, 2.75) is 4.90 Å². The molecular formula is C6H4BrCl2NO2S. The van der Waals surface area contributed by atoms with Crippen LogP contribution in [-0.2, 0) is 10.0 Å². The van der Waals surface area contributed by atoms with Gasteiger partial charge in [0.15, 0.2) is 0 Å². The molecule has 0 spiro atoms. The molecule has 1 aromatic rings. The van der Waals surface area contributed by atoms with Crippen LogP contribution in [0.15, 0.2) is 21.5 Å². The number of rotatable bonds is 1. The molecule has 0 aliphatic rings. The fourth-order valence-electron chi connectivity index (χ4n) is 0.739. The fraction of sp³-hybridized carbons (Fsp3) is 0. The van der Waals surface area contributed by atoms with Gasteiger partial charge in [0.05, 0.1) is 10.0 Å². The summed E-state index contributed by atoms with van der Waals surface area (Å²) in [6.07, 6.45) is 0. The molecular weight excluding hydrogens is 301 g/mol. The highest BCUT2D eigenvalue weighted by molar-refractivity contribution is 9.10. The summed E-state index contributed by atoms with van der Waals surface area (Å²) < 4.78 is 22.4. The summed E-state index contributed by atoms with van der Waals surface area (Å²) in [6, 6.07) is 2.78. The van der Waals surface area contributed by atoms with Crippen LogP contribution in [0.25, 0.3) is 0 Å². The Balaban J connectivity index is 3.56. The summed E-state index contributed by atoms with van der Waals surface area (Å²) >= 11 is 14.4. The van der Waals surface area contributed by atoms with Crippen LogP contribution in [0, 0.1) is 0 Å². The highest BCUT2D eigenvalue weighted by Crippen LogP contribution is 2.31. The molecule has 0 radical (unpaired) electrons. The fourth-order valence-corrected chi connectivity index (χ4v) is 2.84. The number of benzene rings is 1. The molecule has 0 saturated heterocycles. The summed E-state index contributed by atoms with van der Waals surface area (Å²) in [6.45, 7) is 0. The van der Waals surface area contributed by atoms with Crippen molar-refractivity contribution in [2.24, 2.45) is 5.14 Å². The lowest BCUT2D eigenvalue weighted by atomic mass is 10.4. The first-order valence-corrected chi connectivity index (χ1v) is 6.09. The van der Waals surface area contributed by atoms with E-state index < -0.39 is 10.0 Å². The third-order valence-electron chi connectivity index (χ3n) is 1.27. The van der Waals surface area contributed by atoms with Crippen molar-refractivity contribution in [1.82, 2.24) is 0 Å². The Morgan fingerprint density at radius 1 is 1.31 bits per heavy atom. The van der Waals surface area contributed by atoms with E-state index in [4.69, 9.17) is 28.3 Å². The zero-order chi connectivity index (χ0) is 10.2. The lowest BCUT2D eigenvalue weighted by Gasteiger charge is -2.03. The molecule has 13 heavy (non-hydrogen) atoms. The van der Waals surface area contributed by atoms with Crippen LogP contribution in [0.3, 0.4) is 0 Å². The minimum atomic E-state index is -3.82. The Bertz CT molecular complexity index is 446. The number of halogens is 3. The number of sulfonamides is 1. The van der Waals surface area contributed by atoms with E-state index in [2.05, 4.69) is 15.9 Å². The van der Waals surface area contributed by atoms with Gasteiger partial charge in [-0.3, -0.25) is 0 Å². The second kappa shape index (κ2) is 3.74. The summed E-state index contributed by atoms with van der Waals surface area (Å²) in [4.78, 5) is -0.187. The number of hydrogen-bond donors (Lipinski definition) is 1. The molecule has 72 valence electrons. The van der Waals surface area contributed by atoms with Crippen molar-refractivity contribution < 1.29 is 8.42 Å². The normalized spacial score (nSPS) is 11.7. The van der Waals surface area contributed by atoms with Crippen molar-refractivity contribution >= 4 is 49.2 Å². The molecule has 0 aliphatic carbocycles. The number of hydrogen-bond acceptors (Lipinski definition) is 2. The average Bonchev–Trinajstić information content (AvgIpc) is 1.94. The van der Waals surface area contributed by atoms with Gasteiger partial charge in [-0.2, -0.15) is 0 Å². The predicted octanol–water partition coefficient (Wildman–Crippen LogP) is 2.40. The minimum Gasteiger partial charge on any atom is -0.225 e. The van der Waals surface area contributed by atoms with Gasteiger partial charge in [-0.15, -0.1) is 0 Å². The molecule has 0 aliphatic heterocycles. The molecule has 1 rings (SSSR count). The highest BCUT2D eigenvalue weighted by atomic mass is 79.9. The maximum absolute atomic E-state index is 11.0. The second-order valence-electron chi connectivity index (χ2n) is 2.24. The second-order valence-corrected chi connectivity index (χ2v) is 5.48. The van der Waals surface area contributed by atoms with Gasteiger partial charge in [0.2, 0.25) is 10.0 Å². The van der Waals surface area contributed by atoms with Gasteiger partial charge in [0.25, 0.3) is 0 Å². The smallest absolute Gasteiger partial charge is 0.225 e. The average molecular weight is 305 g/mol. The van der Waals surface area contributed by atoms with E-state index in [-0.39, 0.29) is 14.9 Å². The Labute approximate surface area is 94.0 Å². The van der Waals surface area contributed by atoms with Crippen LogP contribution in [0.2, 0.25) is 10.0 Å². The third-order valence-corrected chi connectivity index (χ3v) is 3.57. The van der Waals surface area contributed by atoms with Gasteiger partial charge in [0.1, 0.15) is 4.90 Å². The van der Waals surface area contributed by atoms with Gasteiger partial charge < -0.3 is 0 Å². The van der Waals surface area contributed by atoms with E-state index in [1.807, 2.05) is 0 Å². The quantitative estimate of drug-likeness (QED) is 0.810. The Morgan fingerprint density at radius 3 is 2.31 bits per heavy atom. The van der Waals surface area contributed by atoms with E-state index in [0.717, 1.165) is 0 Å². The van der Waals surface area contributed by atoms with Crippen molar-refractivity contribution in [1.29, 1.82) is 0 Å². The van der Waals surface area contributed by atoms with E-state index >= 15 is 0 Å². The third kappa shape index (κ3) is 2.57. The molecule has 2 N–H and O–H groups in total. The summed E-state index contributed by atoms with van der Waals surface area (Å²) in [5.74, 6) is 0. The molecule has 3 nitrogen and oxygen atoms in total. The van der Waals surface area contributed by atoms with Crippen molar-refractivity contribution in [2.75, 3.05) is 0 Å². The summed E-state index contributed by atoms with van der Waals surface area (Å²) in [5.41, 5.74) is 0. The van der Waals surface area contributed by atoms with Gasteiger partial charge in [-0.1, -0.05) is 39.1 Å². The van der Waals surface area contributed by atoms with Crippen LogP contribution in [0.1, 0.15) is 0 Å². The largest absolute Gasteiger partial charge is 0.239 e. The molecule has 0 atom stereocenters. The predicted molar refractivity (Wildman–Crippen MR) is 55.5 cm³/mol. The maximum Gasteiger partial charge on any atom is 0.239 e. The van der Waals surface area contributed by atoms with E-state index in [9.17, 15) is 8.42 Å². The zero-order valence-corrected chi connectivity index (χ0v) is 10.0. The zero-order valence-electron chi connectivity index (χ0n) is 6.09. The molecule has 0 bridgehead atoms. The lowest BCUT2D eigenvalue weighted by molar-refractivity contribution is 0.598. The van der Waals surface area contributed by atoms with Crippen LogP contribution in [0.5, 0.6) is 0 Å². The summed E-state index contributed by atoms with van der Waals surface area (Å²) in [7, 11) is -3.82. The molecule has 0 amide bonds. The topological polar surface area (TPSA) is 60.2 Å². The van der Waals surface area contributed by atoms with Gasteiger partial charge in [-0.05, 0) is 12.1 Å². The summed E-state index contributed by atoms with van der Waals surface area (Å²) in [5, 5.41) is 4.98. The molecule has 0 unspecified atom stereocenters. The SMILES string of the molecule is NS(=O)(=O)c1cc(Br)cc(Cl)c1Cl. The molecule has 0 saturated carbocycles. The van der Waals surface area contributed by atoms with Crippen LogP contribution < -0.4 is 5.14 Å². The van der Waals surface area contributed by atoms with Crippen molar-refractivity contribution in [3.05, 3.63) is 26.7 Å². The number of nitrogens with two attached hydrogens (primary N) is 1. The Hall–Kier alpha value is 0.190.